The van der Waals surface area contributed by atoms with Gasteiger partial charge in [0.15, 0.2) is 0 Å². The second kappa shape index (κ2) is 9.14. The standard InChI is InChI=1S/C26H21N5O4/c1-30-16-21(26(33)31(30)17-6-4-3-5-7-17)25(32)29-24-11-9-19(15-28-24)35-23-12-13-27-22-14-18(34-2)8-10-20(22)23/h3-16H,1-2H3,(H,28,29,32). The van der Waals surface area contributed by atoms with E-state index >= 15 is 0 Å². The molecule has 0 saturated carbocycles. The van der Waals surface area contributed by atoms with Crippen molar-refractivity contribution in [2.24, 2.45) is 7.05 Å². The summed E-state index contributed by atoms with van der Waals surface area (Å²) in [5, 5.41) is 3.49. The molecule has 0 bridgehead atoms. The lowest BCUT2D eigenvalue weighted by molar-refractivity contribution is 0.102. The summed E-state index contributed by atoms with van der Waals surface area (Å²) in [5.41, 5.74) is 0.998. The number of aryl methyl sites for hydroxylation is 1. The molecule has 0 aliphatic heterocycles. The lowest BCUT2D eigenvalue weighted by atomic mass is 10.2. The number of pyridine rings is 2. The minimum atomic E-state index is -0.546. The number of nitrogens with one attached hydrogen (secondary N) is 1. The Hall–Kier alpha value is -4.92. The fourth-order valence-electron chi connectivity index (χ4n) is 3.72. The summed E-state index contributed by atoms with van der Waals surface area (Å²) in [6.07, 6.45) is 4.64. The maximum Gasteiger partial charge on any atom is 0.284 e. The summed E-state index contributed by atoms with van der Waals surface area (Å²) >= 11 is 0. The summed E-state index contributed by atoms with van der Waals surface area (Å²) in [6.45, 7) is 0. The van der Waals surface area contributed by atoms with Gasteiger partial charge in [-0.2, -0.15) is 0 Å². The van der Waals surface area contributed by atoms with Crippen molar-refractivity contribution in [1.29, 1.82) is 0 Å². The molecule has 0 saturated heterocycles. The summed E-state index contributed by atoms with van der Waals surface area (Å²) in [6, 6.07) is 19.7. The average Bonchev–Trinajstić information content (AvgIpc) is 3.19. The number of anilines is 1. The molecule has 174 valence electrons. The molecule has 1 amide bonds. The van der Waals surface area contributed by atoms with Gasteiger partial charge >= 0.3 is 0 Å². The van der Waals surface area contributed by atoms with Gasteiger partial charge in [-0.15, -0.1) is 0 Å². The van der Waals surface area contributed by atoms with Crippen LogP contribution in [0.25, 0.3) is 16.6 Å². The molecule has 0 unspecified atom stereocenters. The Morgan fingerprint density at radius 2 is 1.77 bits per heavy atom. The van der Waals surface area contributed by atoms with Crippen LogP contribution < -0.4 is 20.3 Å². The Morgan fingerprint density at radius 1 is 0.971 bits per heavy atom. The predicted molar refractivity (Wildman–Crippen MR) is 132 cm³/mol. The summed E-state index contributed by atoms with van der Waals surface area (Å²) in [4.78, 5) is 34.2. The molecule has 0 atom stereocenters. The third-order valence-electron chi connectivity index (χ3n) is 5.42. The number of rotatable bonds is 6. The van der Waals surface area contributed by atoms with Crippen LogP contribution in [0.4, 0.5) is 5.82 Å². The molecule has 9 nitrogen and oxygen atoms in total. The van der Waals surface area contributed by atoms with Crippen molar-refractivity contribution in [1.82, 2.24) is 19.3 Å². The Labute approximate surface area is 200 Å². The van der Waals surface area contributed by atoms with E-state index in [9.17, 15) is 9.59 Å². The van der Waals surface area contributed by atoms with Crippen LogP contribution in [0.1, 0.15) is 10.4 Å². The van der Waals surface area contributed by atoms with Crippen LogP contribution in [-0.4, -0.2) is 32.3 Å². The van der Waals surface area contributed by atoms with E-state index in [4.69, 9.17) is 9.47 Å². The van der Waals surface area contributed by atoms with E-state index in [1.54, 1.807) is 55.4 Å². The number of carbonyl (C=O) groups is 1. The maximum atomic E-state index is 12.9. The SMILES string of the molecule is COc1ccc2c(Oc3ccc(NC(=O)c4cn(C)n(-c5ccccc5)c4=O)nc3)ccnc2c1. The van der Waals surface area contributed by atoms with Gasteiger partial charge in [-0.05, 0) is 42.5 Å². The number of aromatic nitrogens is 4. The van der Waals surface area contributed by atoms with Gasteiger partial charge < -0.3 is 14.8 Å². The zero-order chi connectivity index (χ0) is 24.4. The van der Waals surface area contributed by atoms with E-state index in [1.807, 2.05) is 36.4 Å². The van der Waals surface area contributed by atoms with Crippen molar-refractivity contribution in [3.63, 3.8) is 0 Å². The lowest BCUT2D eigenvalue weighted by Gasteiger charge is -2.10. The van der Waals surface area contributed by atoms with E-state index in [0.717, 1.165) is 10.9 Å². The summed E-state index contributed by atoms with van der Waals surface area (Å²) in [5.74, 6) is 1.55. The van der Waals surface area contributed by atoms with Crippen LogP contribution in [0, 0.1) is 0 Å². The Morgan fingerprint density at radius 3 is 2.51 bits per heavy atom. The molecule has 5 rings (SSSR count). The summed E-state index contributed by atoms with van der Waals surface area (Å²) in [7, 11) is 3.30. The predicted octanol–water partition coefficient (Wildman–Crippen LogP) is 4.17. The first-order chi connectivity index (χ1) is 17.0. The number of hydrogen-bond acceptors (Lipinski definition) is 6. The molecule has 0 aliphatic carbocycles. The van der Waals surface area contributed by atoms with Gasteiger partial charge in [-0.1, -0.05) is 18.2 Å². The number of carbonyl (C=O) groups excluding carboxylic acids is 1. The molecule has 3 heterocycles. The smallest absolute Gasteiger partial charge is 0.284 e. The molecular formula is C26H21N5O4. The second-order valence-electron chi connectivity index (χ2n) is 7.70. The largest absolute Gasteiger partial charge is 0.497 e. The van der Waals surface area contributed by atoms with Crippen LogP contribution in [0.15, 0.2) is 90.1 Å². The molecule has 0 fully saturated rings. The topological polar surface area (TPSA) is 100 Å². The highest BCUT2D eigenvalue weighted by molar-refractivity contribution is 6.03. The van der Waals surface area contributed by atoms with Gasteiger partial charge in [-0.25, -0.2) is 9.67 Å². The summed E-state index contributed by atoms with van der Waals surface area (Å²) < 4.78 is 14.2. The average molecular weight is 467 g/mol. The molecule has 0 aliphatic rings. The van der Waals surface area contributed by atoms with Gasteiger partial charge in [-0.3, -0.25) is 19.3 Å². The Balaban J connectivity index is 1.33. The van der Waals surface area contributed by atoms with Crippen LogP contribution in [0.2, 0.25) is 0 Å². The molecule has 0 radical (unpaired) electrons. The number of fused-ring (bicyclic) bond motifs is 1. The lowest BCUT2D eigenvalue weighted by Crippen LogP contribution is -2.25. The van der Waals surface area contributed by atoms with Crippen molar-refractivity contribution in [2.45, 2.75) is 0 Å². The Bertz CT molecular complexity index is 1570. The van der Waals surface area contributed by atoms with Crippen molar-refractivity contribution in [2.75, 3.05) is 12.4 Å². The van der Waals surface area contributed by atoms with Gasteiger partial charge in [0.05, 0.1) is 24.5 Å². The zero-order valence-corrected chi connectivity index (χ0v) is 19.0. The maximum absolute atomic E-state index is 12.9. The van der Waals surface area contributed by atoms with Gasteiger partial charge in [0.1, 0.15) is 28.6 Å². The van der Waals surface area contributed by atoms with E-state index in [2.05, 4.69) is 15.3 Å². The van der Waals surface area contributed by atoms with Gasteiger partial charge in [0.2, 0.25) is 0 Å². The quantitative estimate of drug-likeness (QED) is 0.402. The number of hydrogen-bond donors (Lipinski definition) is 1. The van der Waals surface area contributed by atoms with E-state index in [1.165, 1.54) is 17.1 Å². The highest BCUT2D eigenvalue weighted by Gasteiger charge is 2.18. The van der Waals surface area contributed by atoms with E-state index in [0.29, 0.717) is 28.8 Å². The number of nitrogens with zero attached hydrogens (tertiary/aromatic N) is 4. The fraction of sp³-hybridized carbons (Fsp3) is 0.0769. The van der Waals surface area contributed by atoms with E-state index < -0.39 is 11.5 Å². The minimum absolute atomic E-state index is 0.0113. The monoisotopic (exact) mass is 467 g/mol. The van der Waals surface area contributed by atoms with Crippen molar-refractivity contribution < 1.29 is 14.3 Å². The molecular weight excluding hydrogens is 446 g/mol. The first-order valence-corrected chi connectivity index (χ1v) is 10.8. The zero-order valence-electron chi connectivity index (χ0n) is 19.0. The molecule has 1 N–H and O–H groups in total. The molecule has 35 heavy (non-hydrogen) atoms. The second-order valence-corrected chi connectivity index (χ2v) is 7.70. The molecule has 3 aromatic heterocycles. The minimum Gasteiger partial charge on any atom is -0.497 e. The molecule has 2 aromatic carbocycles. The third-order valence-corrected chi connectivity index (χ3v) is 5.42. The van der Waals surface area contributed by atoms with Crippen LogP contribution in [-0.2, 0) is 7.05 Å². The van der Waals surface area contributed by atoms with Crippen molar-refractivity contribution in [3.8, 4) is 22.9 Å². The van der Waals surface area contributed by atoms with Crippen LogP contribution in [0.3, 0.4) is 0 Å². The molecule has 9 heteroatoms. The number of para-hydroxylation sites is 1. The fourth-order valence-corrected chi connectivity index (χ4v) is 3.72. The normalized spacial score (nSPS) is 10.8. The van der Waals surface area contributed by atoms with Gasteiger partial charge in [0, 0.05) is 30.9 Å². The highest BCUT2D eigenvalue weighted by atomic mass is 16.5. The highest BCUT2D eigenvalue weighted by Crippen LogP contribution is 2.30. The van der Waals surface area contributed by atoms with Crippen LogP contribution in [0.5, 0.6) is 17.2 Å². The van der Waals surface area contributed by atoms with Gasteiger partial charge in [0.25, 0.3) is 11.5 Å². The molecule has 0 spiro atoms. The van der Waals surface area contributed by atoms with E-state index in [-0.39, 0.29) is 5.56 Å². The van der Waals surface area contributed by atoms with Crippen molar-refractivity contribution >= 4 is 22.6 Å². The first-order valence-electron chi connectivity index (χ1n) is 10.8. The number of amides is 1. The number of ether oxygens (including phenoxy) is 2. The van der Waals surface area contributed by atoms with Crippen LogP contribution >= 0.6 is 0 Å². The number of benzene rings is 2. The van der Waals surface area contributed by atoms with Crippen molar-refractivity contribution in [3.05, 3.63) is 101 Å². The third kappa shape index (κ3) is 4.34. The molecule has 5 aromatic rings. The first kappa shape index (κ1) is 21.9. The Kier molecular flexibility index (Phi) is 5.72. The number of methoxy groups -OCH3 is 1.